The first kappa shape index (κ1) is 11.9. The first-order chi connectivity index (χ1) is 7.77. The van der Waals surface area contributed by atoms with E-state index in [-0.39, 0.29) is 18.1 Å². The van der Waals surface area contributed by atoms with Crippen molar-refractivity contribution in [2.75, 3.05) is 26.4 Å². The number of nitrogens with zero attached hydrogens (tertiary/aromatic N) is 1. The molecule has 0 N–H and O–H groups in total. The number of hydrogen-bond donors (Lipinski definition) is 0. The molecule has 2 fully saturated rings. The fourth-order valence-electron chi connectivity index (χ4n) is 2.38. The summed E-state index contributed by atoms with van der Waals surface area (Å²) in [6, 6.07) is 0.213. The minimum Gasteiger partial charge on any atom is -0.378 e. The largest absolute Gasteiger partial charge is 0.378 e. The molecule has 4 nitrogen and oxygen atoms in total. The minimum absolute atomic E-state index is 0.149. The first-order valence-electron chi connectivity index (χ1n) is 6.26. The standard InChI is InChI=1S/C12H21NO3/c1-10-9-15-7-5-13(10)12(14)8-11-4-2-3-6-16-11/h10-11H,2-9H2,1H3. The maximum Gasteiger partial charge on any atom is 0.225 e. The van der Waals surface area contributed by atoms with Gasteiger partial charge in [-0.3, -0.25) is 4.79 Å². The van der Waals surface area contributed by atoms with Gasteiger partial charge in [-0.05, 0) is 26.2 Å². The van der Waals surface area contributed by atoms with Crippen molar-refractivity contribution in [3.8, 4) is 0 Å². The Balaban J connectivity index is 1.81. The monoisotopic (exact) mass is 227 g/mol. The van der Waals surface area contributed by atoms with E-state index >= 15 is 0 Å². The number of hydrogen-bond acceptors (Lipinski definition) is 3. The molecular weight excluding hydrogens is 206 g/mol. The van der Waals surface area contributed by atoms with Crippen LogP contribution in [0, 0.1) is 0 Å². The number of carbonyl (C=O) groups is 1. The van der Waals surface area contributed by atoms with E-state index in [2.05, 4.69) is 0 Å². The molecule has 0 radical (unpaired) electrons. The molecule has 0 saturated carbocycles. The van der Waals surface area contributed by atoms with Crippen LogP contribution in [0.3, 0.4) is 0 Å². The number of ether oxygens (including phenoxy) is 2. The highest BCUT2D eigenvalue weighted by Gasteiger charge is 2.26. The number of amides is 1. The van der Waals surface area contributed by atoms with Gasteiger partial charge in [-0.15, -0.1) is 0 Å². The highest BCUT2D eigenvalue weighted by Crippen LogP contribution is 2.18. The number of rotatable bonds is 2. The average molecular weight is 227 g/mol. The Morgan fingerprint density at radius 3 is 2.94 bits per heavy atom. The van der Waals surface area contributed by atoms with Gasteiger partial charge in [-0.1, -0.05) is 0 Å². The second-order valence-corrected chi connectivity index (χ2v) is 4.70. The van der Waals surface area contributed by atoms with Gasteiger partial charge in [0.1, 0.15) is 0 Å². The van der Waals surface area contributed by atoms with Gasteiger partial charge < -0.3 is 14.4 Å². The van der Waals surface area contributed by atoms with Crippen molar-refractivity contribution in [2.45, 2.75) is 44.8 Å². The lowest BCUT2D eigenvalue weighted by atomic mass is 10.1. The summed E-state index contributed by atoms with van der Waals surface area (Å²) in [5, 5.41) is 0. The third kappa shape index (κ3) is 2.95. The van der Waals surface area contributed by atoms with Crippen LogP contribution >= 0.6 is 0 Å². The fraction of sp³-hybridized carbons (Fsp3) is 0.917. The third-order valence-corrected chi connectivity index (χ3v) is 3.36. The average Bonchev–Trinajstić information content (AvgIpc) is 2.31. The molecule has 0 spiro atoms. The van der Waals surface area contributed by atoms with Gasteiger partial charge in [0.15, 0.2) is 0 Å². The van der Waals surface area contributed by atoms with Crippen LogP contribution in [-0.2, 0) is 14.3 Å². The van der Waals surface area contributed by atoms with Crippen LogP contribution in [0.25, 0.3) is 0 Å². The zero-order valence-corrected chi connectivity index (χ0v) is 9.98. The third-order valence-electron chi connectivity index (χ3n) is 3.36. The number of carbonyl (C=O) groups excluding carboxylic acids is 1. The molecule has 2 saturated heterocycles. The first-order valence-corrected chi connectivity index (χ1v) is 6.26. The molecule has 4 heteroatoms. The summed E-state index contributed by atoms with van der Waals surface area (Å²) in [7, 11) is 0. The molecule has 2 unspecified atom stereocenters. The Morgan fingerprint density at radius 2 is 2.25 bits per heavy atom. The van der Waals surface area contributed by atoms with E-state index in [1.165, 1.54) is 6.42 Å². The second-order valence-electron chi connectivity index (χ2n) is 4.70. The molecule has 2 aliphatic rings. The topological polar surface area (TPSA) is 38.8 Å². The molecule has 0 bridgehead atoms. The molecule has 0 aromatic heterocycles. The SMILES string of the molecule is CC1COCCN1C(=O)CC1CCCCO1. The summed E-state index contributed by atoms with van der Waals surface area (Å²) in [4.78, 5) is 14.0. The van der Waals surface area contributed by atoms with Crippen LogP contribution in [0.4, 0.5) is 0 Å². The van der Waals surface area contributed by atoms with Crippen LogP contribution in [0.5, 0.6) is 0 Å². The highest BCUT2D eigenvalue weighted by molar-refractivity contribution is 5.77. The Hall–Kier alpha value is -0.610. The molecule has 2 heterocycles. The van der Waals surface area contributed by atoms with Gasteiger partial charge in [0, 0.05) is 13.2 Å². The van der Waals surface area contributed by atoms with E-state index in [1.54, 1.807) is 0 Å². The Kier molecular flexibility index (Phi) is 4.18. The van der Waals surface area contributed by atoms with Crippen LogP contribution in [0.15, 0.2) is 0 Å². The van der Waals surface area contributed by atoms with Gasteiger partial charge in [0.2, 0.25) is 5.91 Å². The summed E-state index contributed by atoms with van der Waals surface area (Å²) < 4.78 is 10.9. The molecule has 2 rings (SSSR count). The lowest BCUT2D eigenvalue weighted by Crippen LogP contribution is -2.48. The minimum atomic E-state index is 0.149. The molecule has 1 amide bonds. The molecule has 16 heavy (non-hydrogen) atoms. The lowest BCUT2D eigenvalue weighted by Gasteiger charge is -2.34. The fourth-order valence-corrected chi connectivity index (χ4v) is 2.38. The summed E-state index contributed by atoms with van der Waals surface area (Å²) in [5.74, 6) is 0.225. The summed E-state index contributed by atoms with van der Waals surface area (Å²) in [6.45, 7) is 4.92. The number of morpholine rings is 1. The predicted molar refractivity (Wildman–Crippen MR) is 60.2 cm³/mol. The van der Waals surface area contributed by atoms with Crippen molar-refractivity contribution < 1.29 is 14.3 Å². The van der Waals surface area contributed by atoms with Crippen molar-refractivity contribution in [1.29, 1.82) is 0 Å². The molecular formula is C12H21NO3. The van der Waals surface area contributed by atoms with Gasteiger partial charge in [-0.2, -0.15) is 0 Å². The molecule has 0 aromatic rings. The van der Waals surface area contributed by atoms with Crippen LogP contribution in [0.2, 0.25) is 0 Å². The van der Waals surface area contributed by atoms with E-state index in [0.717, 1.165) is 26.0 Å². The van der Waals surface area contributed by atoms with Crippen molar-refractivity contribution in [2.24, 2.45) is 0 Å². The maximum atomic E-state index is 12.1. The van der Waals surface area contributed by atoms with Gasteiger partial charge in [0.05, 0.1) is 31.8 Å². The summed E-state index contributed by atoms with van der Waals surface area (Å²) >= 11 is 0. The molecule has 0 aliphatic carbocycles. The van der Waals surface area contributed by atoms with Gasteiger partial charge >= 0.3 is 0 Å². The smallest absolute Gasteiger partial charge is 0.225 e. The zero-order valence-electron chi connectivity index (χ0n) is 9.98. The van der Waals surface area contributed by atoms with E-state index in [9.17, 15) is 4.79 Å². The van der Waals surface area contributed by atoms with E-state index in [1.807, 2.05) is 11.8 Å². The van der Waals surface area contributed by atoms with E-state index in [4.69, 9.17) is 9.47 Å². The lowest BCUT2D eigenvalue weighted by molar-refractivity contribution is -0.142. The van der Waals surface area contributed by atoms with E-state index < -0.39 is 0 Å². The van der Waals surface area contributed by atoms with Crippen molar-refractivity contribution in [3.05, 3.63) is 0 Å². The van der Waals surface area contributed by atoms with Crippen molar-refractivity contribution in [1.82, 2.24) is 4.90 Å². The van der Waals surface area contributed by atoms with Crippen LogP contribution in [-0.4, -0.2) is 49.3 Å². The maximum absolute atomic E-state index is 12.1. The van der Waals surface area contributed by atoms with Gasteiger partial charge in [-0.25, -0.2) is 0 Å². The second kappa shape index (κ2) is 5.64. The molecule has 0 aromatic carbocycles. The quantitative estimate of drug-likeness (QED) is 0.711. The normalized spacial score (nSPS) is 31.4. The highest BCUT2D eigenvalue weighted by atomic mass is 16.5. The molecule has 92 valence electrons. The van der Waals surface area contributed by atoms with Crippen molar-refractivity contribution >= 4 is 5.91 Å². The molecule has 2 aliphatic heterocycles. The molecule has 2 atom stereocenters. The Bertz CT molecular complexity index is 238. The zero-order chi connectivity index (χ0) is 11.4. The van der Waals surface area contributed by atoms with Gasteiger partial charge in [0.25, 0.3) is 0 Å². The van der Waals surface area contributed by atoms with E-state index in [0.29, 0.717) is 19.6 Å². The summed E-state index contributed by atoms with van der Waals surface area (Å²) in [5.41, 5.74) is 0. The Labute approximate surface area is 96.9 Å². The van der Waals surface area contributed by atoms with Crippen LogP contribution in [0.1, 0.15) is 32.6 Å². The van der Waals surface area contributed by atoms with Crippen molar-refractivity contribution in [3.63, 3.8) is 0 Å². The predicted octanol–water partition coefficient (Wildman–Crippen LogP) is 1.19. The van der Waals surface area contributed by atoms with Crippen LogP contribution < -0.4 is 0 Å². The Morgan fingerprint density at radius 1 is 1.38 bits per heavy atom. The summed E-state index contributed by atoms with van der Waals surface area (Å²) in [6.07, 6.45) is 4.06.